The molecular formula is C37H28N2O9. The predicted molar refractivity (Wildman–Crippen MR) is 171 cm³/mol. The lowest BCUT2D eigenvalue weighted by atomic mass is 9.96. The lowest BCUT2D eigenvalue weighted by Crippen LogP contribution is -2.30. The molecule has 0 aliphatic carbocycles. The van der Waals surface area contributed by atoms with Crippen LogP contribution >= 0.6 is 0 Å². The zero-order chi connectivity index (χ0) is 33.3. The van der Waals surface area contributed by atoms with E-state index in [-0.39, 0.29) is 45.6 Å². The first kappa shape index (κ1) is 29.7. The van der Waals surface area contributed by atoms with Crippen molar-refractivity contribution < 1.29 is 42.9 Å². The van der Waals surface area contributed by atoms with Crippen LogP contribution in [-0.4, -0.2) is 68.0 Å². The topological polar surface area (TPSA) is 135 Å². The van der Waals surface area contributed by atoms with Crippen LogP contribution in [0.15, 0.2) is 72.8 Å². The molecule has 2 saturated heterocycles. The van der Waals surface area contributed by atoms with E-state index in [0.717, 1.165) is 9.80 Å². The molecule has 2 atom stereocenters. The first-order valence-corrected chi connectivity index (χ1v) is 15.5. The number of hydrogen-bond acceptors (Lipinski definition) is 9. The Balaban J connectivity index is 1.02. The van der Waals surface area contributed by atoms with E-state index in [4.69, 9.17) is 18.9 Å². The summed E-state index contributed by atoms with van der Waals surface area (Å²) in [7, 11) is 0. The fourth-order valence-electron chi connectivity index (χ4n) is 6.01. The number of anilines is 2. The third kappa shape index (κ3) is 5.13. The van der Waals surface area contributed by atoms with E-state index in [0.29, 0.717) is 60.4 Å². The monoisotopic (exact) mass is 644 g/mol. The van der Waals surface area contributed by atoms with Gasteiger partial charge >= 0.3 is 0 Å². The van der Waals surface area contributed by atoms with Gasteiger partial charge in [0.15, 0.2) is 5.78 Å². The zero-order valence-electron chi connectivity index (χ0n) is 26.0. The molecule has 240 valence electrons. The molecule has 4 aliphatic heterocycles. The van der Waals surface area contributed by atoms with E-state index in [1.165, 1.54) is 36.4 Å². The average Bonchev–Trinajstić information content (AvgIpc) is 4.03. The number of benzene rings is 4. The molecule has 48 heavy (non-hydrogen) atoms. The molecule has 4 aliphatic rings. The molecule has 11 heteroatoms. The van der Waals surface area contributed by atoms with Gasteiger partial charge in [-0.2, -0.15) is 0 Å². The Morgan fingerprint density at radius 3 is 1.38 bits per heavy atom. The highest BCUT2D eigenvalue weighted by atomic mass is 16.6. The number of carbonyl (C=O) groups excluding carboxylic acids is 5. The van der Waals surface area contributed by atoms with Crippen molar-refractivity contribution in [2.45, 2.75) is 26.1 Å². The highest BCUT2D eigenvalue weighted by Crippen LogP contribution is 2.35. The number of fused-ring (bicyclic) bond motifs is 2. The summed E-state index contributed by atoms with van der Waals surface area (Å²) in [6.45, 7) is 5.76. The normalized spacial score (nSPS) is 19.0. The van der Waals surface area contributed by atoms with E-state index in [1.54, 1.807) is 50.2 Å². The summed E-state index contributed by atoms with van der Waals surface area (Å²) in [6, 6.07) is 18.9. The van der Waals surface area contributed by atoms with Crippen molar-refractivity contribution in [1.82, 2.24) is 0 Å². The van der Waals surface area contributed by atoms with Crippen molar-refractivity contribution in [3.05, 3.63) is 117 Å². The molecule has 4 aromatic carbocycles. The number of nitrogens with zero attached hydrogens (tertiary/aromatic N) is 2. The van der Waals surface area contributed by atoms with Gasteiger partial charge in [0.25, 0.3) is 23.6 Å². The van der Waals surface area contributed by atoms with E-state index in [2.05, 4.69) is 0 Å². The van der Waals surface area contributed by atoms with Crippen LogP contribution in [0.25, 0.3) is 0 Å². The van der Waals surface area contributed by atoms with Crippen molar-refractivity contribution in [3.63, 3.8) is 0 Å². The molecule has 0 saturated carbocycles. The van der Waals surface area contributed by atoms with Crippen LogP contribution in [0, 0.1) is 13.8 Å². The summed E-state index contributed by atoms with van der Waals surface area (Å²) in [5.41, 5.74) is 3.06. The Morgan fingerprint density at radius 1 is 0.604 bits per heavy atom. The minimum absolute atomic E-state index is 0.0911. The maximum atomic E-state index is 13.7. The van der Waals surface area contributed by atoms with Gasteiger partial charge in [-0.1, -0.05) is 12.1 Å². The molecule has 4 amide bonds. The third-order valence-corrected chi connectivity index (χ3v) is 8.79. The predicted octanol–water partition coefficient (Wildman–Crippen LogP) is 4.69. The fourth-order valence-corrected chi connectivity index (χ4v) is 6.01. The molecule has 2 unspecified atom stereocenters. The summed E-state index contributed by atoms with van der Waals surface area (Å²) in [6.07, 6.45) is 0.182. The van der Waals surface area contributed by atoms with E-state index in [9.17, 15) is 24.0 Å². The van der Waals surface area contributed by atoms with E-state index >= 15 is 0 Å². The minimum atomic E-state index is -0.550. The van der Waals surface area contributed by atoms with Crippen LogP contribution in [-0.2, 0) is 9.47 Å². The van der Waals surface area contributed by atoms with Crippen LogP contribution in [0.5, 0.6) is 11.5 Å². The molecule has 11 nitrogen and oxygen atoms in total. The van der Waals surface area contributed by atoms with E-state index < -0.39 is 29.4 Å². The maximum Gasteiger partial charge on any atom is 0.266 e. The van der Waals surface area contributed by atoms with Gasteiger partial charge in [-0.05, 0) is 85.6 Å². The van der Waals surface area contributed by atoms with Gasteiger partial charge in [0.2, 0.25) is 0 Å². The van der Waals surface area contributed by atoms with Crippen LogP contribution in [0.1, 0.15) is 68.5 Å². The Kier molecular flexibility index (Phi) is 6.97. The first-order valence-electron chi connectivity index (χ1n) is 15.5. The van der Waals surface area contributed by atoms with Crippen molar-refractivity contribution >= 4 is 40.8 Å². The number of hydrogen-bond donors (Lipinski definition) is 0. The molecule has 0 bridgehead atoms. The average molecular weight is 645 g/mol. The summed E-state index contributed by atoms with van der Waals surface area (Å²) in [5, 5.41) is 0. The van der Waals surface area contributed by atoms with Crippen LogP contribution in [0.2, 0.25) is 0 Å². The summed E-state index contributed by atoms with van der Waals surface area (Å²) >= 11 is 0. The third-order valence-electron chi connectivity index (χ3n) is 8.79. The number of ketones is 1. The minimum Gasteiger partial charge on any atom is -0.491 e. The molecule has 0 aromatic heterocycles. The molecule has 8 rings (SSSR count). The lowest BCUT2D eigenvalue weighted by molar-refractivity contribution is 0.0910. The molecular weight excluding hydrogens is 616 g/mol. The Labute approximate surface area is 274 Å². The van der Waals surface area contributed by atoms with Gasteiger partial charge in [0.05, 0.1) is 46.8 Å². The van der Waals surface area contributed by atoms with Gasteiger partial charge in [-0.15, -0.1) is 0 Å². The molecule has 4 aromatic rings. The Hall–Kier alpha value is -5.65. The SMILES string of the molecule is Cc1cc(OCC2CO2)ccc1N1C(=O)c2ccc(C(=O)c3ccc4c(c3)C(=O)N(c3ccc(OCC5CO5)cc3C)C4=O)cc2C1=O. The molecule has 2 fully saturated rings. The van der Waals surface area contributed by atoms with Gasteiger partial charge in [0, 0.05) is 11.1 Å². The number of carbonyl (C=O) groups is 5. The Bertz CT molecular complexity index is 1950. The fraction of sp³-hybridized carbons (Fsp3) is 0.216. The number of amides is 4. The standard InChI is InChI=1S/C37H28N2O9/c1-19-11-23(45-15-25-17-47-25)5-9-31(19)38-34(41)27-7-3-21(13-29(27)36(38)43)33(40)22-4-8-28-30(14-22)37(44)39(35(28)42)32-10-6-24(12-20(32)2)46-16-26-18-48-26/h3-14,25-26H,15-18H2,1-2H3. The maximum absolute atomic E-state index is 13.7. The lowest BCUT2D eigenvalue weighted by Gasteiger charge is -2.17. The Morgan fingerprint density at radius 2 is 1.00 bits per heavy atom. The second kappa shape index (κ2) is 11.3. The molecule has 0 spiro atoms. The van der Waals surface area contributed by atoms with Crippen LogP contribution in [0.3, 0.4) is 0 Å². The van der Waals surface area contributed by atoms with Gasteiger partial charge < -0.3 is 18.9 Å². The molecule has 4 heterocycles. The molecule has 0 radical (unpaired) electrons. The van der Waals surface area contributed by atoms with Crippen LogP contribution in [0.4, 0.5) is 11.4 Å². The quantitative estimate of drug-likeness (QED) is 0.137. The van der Waals surface area contributed by atoms with Crippen molar-refractivity contribution in [2.24, 2.45) is 0 Å². The smallest absolute Gasteiger partial charge is 0.266 e. The zero-order valence-corrected chi connectivity index (χ0v) is 26.0. The van der Waals surface area contributed by atoms with Crippen molar-refractivity contribution in [1.29, 1.82) is 0 Å². The van der Waals surface area contributed by atoms with E-state index in [1.807, 2.05) is 0 Å². The number of epoxide rings is 2. The van der Waals surface area contributed by atoms with Gasteiger partial charge in [-0.25, -0.2) is 9.80 Å². The highest BCUT2D eigenvalue weighted by Gasteiger charge is 2.40. The summed E-state index contributed by atoms with van der Waals surface area (Å²) in [5.74, 6) is -1.35. The molecule has 0 N–H and O–H groups in total. The number of aryl methyl sites for hydroxylation is 2. The largest absolute Gasteiger partial charge is 0.491 e. The highest BCUT2D eigenvalue weighted by molar-refractivity contribution is 6.36. The second-order valence-corrected chi connectivity index (χ2v) is 12.2. The number of rotatable bonds is 10. The summed E-state index contributed by atoms with van der Waals surface area (Å²) in [4.78, 5) is 69.7. The van der Waals surface area contributed by atoms with Crippen molar-refractivity contribution in [3.8, 4) is 11.5 Å². The number of imide groups is 2. The van der Waals surface area contributed by atoms with Gasteiger partial charge in [0.1, 0.15) is 36.9 Å². The van der Waals surface area contributed by atoms with Gasteiger partial charge in [-0.3, -0.25) is 24.0 Å². The first-order chi connectivity index (χ1) is 23.2. The second-order valence-electron chi connectivity index (χ2n) is 12.2. The number of ether oxygens (including phenoxy) is 4. The summed E-state index contributed by atoms with van der Waals surface area (Å²) < 4.78 is 21.8. The van der Waals surface area contributed by atoms with Crippen LogP contribution < -0.4 is 19.3 Å². The van der Waals surface area contributed by atoms with Crippen molar-refractivity contribution in [2.75, 3.05) is 36.2 Å².